The van der Waals surface area contributed by atoms with Crippen LogP contribution >= 0.6 is 0 Å². The molecule has 32 heavy (non-hydrogen) atoms. The van der Waals surface area contributed by atoms with Gasteiger partial charge in [-0.2, -0.15) is 0 Å². The Labute approximate surface area is 190 Å². The molecule has 5 heteroatoms. The molecule has 1 heterocycles. The summed E-state index contributed by atoms with van der Waals surface area (Å²) in [6.07, 6.45) is 0.518. The van der Waals surface area contributed by atoms with Gasteiger partial charge in [0.2, 0.25) is 5.91 Å². The van der Waals surface area contributed by atoms with Crippen LogP contribution in [0.3, 0.4) is 0 Å². The monoisotopic (exact) mass is 429 g/mol. The molecular weight excluding hydrogens is 398 g/mol. The van der Waals surface area contributed by atoms with Crippen LogP contribution in [-0.2, 0) is 11.3 Å². The Morgan fingerprint density at radius 2 is 1.69 bits per heavy atom. The summed E-state index contributed by atoms with van der Waals surface area (Å²) in [6, 6.07) is 20.9. The molecule has 1 aliphatic rings. The third-order valence-corrected chi connectivity index (χ3v) is 6.15. The number of nitrogens with zero attached hydrogens (tertiary/aromatic N) is 3. The summed E-state index contributed by atoms with van der Waals surface area (Å²) in [5, 5.41) is 2.16. The van der Waals surface area contributed by atoms with Gasteiger partial charge < -0.3 is 14.7 Å². The first-order valence-corrected chi connectivity index (χ1v) is 11.1. The number of fused-ring (bicyclic) bond motifs is 1. The molecule has 5 nitrogen and oxygen atoms in total. The van der Waals surface area contributed by atoms with E-state index >= 15 is 0 Å². The maximum absolute atomic E-state index is 13.0. The van der Waals surface area contributed by atoms with Crippen molar-refractivity contribution in [1.29, 1.82) is 0 Å². The van der Waals surface area contributed by atoms with Crippen LogP contribution in [0.15, 0.2) is 60.7 Å². The average Bonchev–Trinajstić information content (AvgIpc) is 3.08. The molecule has 0 radical (unpaired) electrons. The Kier molecular flexibility index (Phi) is 6.28. The van der Waals surface area contributed by atoms with Crippen molar-refractivity contribution >= 4 is 22.6 Å². The Balaban J connectivity index is 1.51. The van der Waals surface area contributed by atoms with Gasteiger partial charge >= 0.3 is 0 Å². The summed E-state index contributed by atoms with van der Waals surface area (Å²) in [5.41, 5.74) is 4.33. The molecule has 0 aromatic heterocycles. The fraction of sp³-hybridized carbons (Fsp3) is 0.333. The number of rotatable bonds is 6. The standard InChI is InChI=1S/C27H31N3O2/c1-28(2)16-19-6-5-7-21(12-19)22-8-9-24-15-25(11-10-23(24)14-22)27(32)30(4)18-20-13-26(31)29(3)17-20/h5-12,14-15,20H,13,16-18H2,1-4H3. The van der Waals surface area contributed by atoms with Gasteiger partial charge in [-0.3, -0.25) is 9.59 Å². The molecule has 1 saturated heterocycles. The summed E-state index contributed by atoms with van der Waals surface area (Å²) in [4.78, 5) is 30.4. The highest BCUT2D eigenvalue weighted by atomic mass is 16.2. The Morgan fingerprint density at radius 3 is 2.41 bits per heavy atom. The number of likely N-dealkylation sites (tertiary alicyclic amines) is 1. The lowest BCUT2D eigenvalue weighted by molar-refractivity contribution is -0.126. The molecule has 0 bridgehead atoms. The van der Waals surface area contributed by atoms with E-state index in [0.29, 0.717) is 25.1 Å². The third kappa shape index (κ3) is 4.83. The zero-order chi connectivity index (χ0) is 22.8. The number of amides is 2. The van der Waals surface area contributed by atoms with Gasteiger partial charge in [0.1, 0.15) is 0 Å². The number of carbonyl (C=O) groups is 2. The smallest absolute Gasteiger partial charge is 0.253 e. The fourth-order valence-corrected chi connectivity index (χ4v) is 4.54. The van der Waals surface area contributed by atoms with Gasteiger partial charge in [-0.05, 0) is 65.8 Å². The number of benzene rings is 3. The van der Waals surface area contributed by atoms with Crippen molar-refractivity contribution in [3.63, 3.8) is 0 Å². The molecule has 2 amide bonds. The molecule has 1 unspecified atom stereocenters. The van der Waals surface area contributed by atoms with Crippen LogP contribution in [0.1, 0.15) is 22.3 Å². The largest absolute Gasteiger partial charge is 0.345 e. The molecule has 0 saturated carbocycles. The molecule has 1 aliphatic heterocycles. The van der Waals surface area contributed by atoms with Crippen molar-refractivity contribution in [1.82, 2.24) is 14.7 Å². The molecule has 4 rings (SSSR count). The van der Waals surface area contributed by atoms with Gasteiger partial charge in [-0.25, -0.2) is 0 Å². The molecule has 1 fully saturated rings. The average molecular weight is 430 g/mol. The Morgan fingerprint density at radius 1 is 0.969 bits per heavy atom. The summed E-state index contributed by atoms with van der Waals surface area (Å²) in [5.74, 6) is 0.353. The van der Waals surface area contributed by atoms with Crippen molar-refractivity contribution in [2.24, 2.45) is 5.92 Å². The molecule has 0 N–H and O–H groups in total. The second-order valence-electron chi connectivity index (χ2n) is 9.24. The minimum Gasteiger partial charge on any atom is -0.345 e. The maximum atomic E-state index is 13.0. The van der Waals surface area contributed by atoms with E-state index in [1.54, 1.807) is 9.80 Å². The van der Waals surface area contributed by atoms with Crippen LogP contribution in [0.2, 0.25) is 0 Å². The molecule has 3 aromatic carbocycles. The van der Waals surface area contributed by atoms with Crippen LogP contribution in [0.25, 0.3) is 21.9 Å². The van der Waals surface area contributed by atoms with Crippen molar-refractivity contribution < 1.29 is 9.59 Å². The zero-order valence-corrected chi connectivity index (χ0v) is 19.3. The van der Waals surface area contributed by atoms with Gasteiger partial charge in [-0.1, -0.05) is 36.4 Å². The van der Waals surface area contributed by atoms with Crippen LogP contribution in [0.5, 0.6) is 0 Å². The summed E-state index contributed by atoms with van der Waals surface area (Å²) in [6.45, 7) is 2.22. The van der Waals surface area contributed by atoms with Crippen LogP contribution in [0.4, 0.5) is 0 Å². The van der Waals surface area contributed by atoms with E-state index in [9.17, 15) is 9.59 Å². The highest BCUT2D eigenvalue weighted by Gasteiger charge is 2.28. The summed E-state index contributed by atoms with van der Waals surface area (Å²) < 4.78 is 0. The maximum Gasteiger partial charge on any atom is 0.253 e. The van der Waals surface area contributed by atoms with Crippen LogP contribution in [-0.4, -0.2) is 67.8 Å². The molecule has 0 aliphatic carbocycles. The molecule has 166 valence electrons. The van der Waals surface area contributed by atoms with Crippen LogP contribution in [0, 0.1) is 5.92 Å². The predicted molar refractivity (Wildman–Crippen MR) is 129 cm³/mol. The van der Waals surface area contributed by atoms with E-state index in [1.165, 1.54) is 16.7 Å². The minimum absolute atomic E-state index is 0.00522. The van der Waals surface area contributed by atoms with Crippen molar-refractivity contribution in [2.75, 3.05) is 41.3 Å². The minimum atomic E-state index is -0.00522. The van der Waals surface area contributed by atoms with Crippen molar-refractivity contribution in [3.05, 3.63) is 71.8 Å². The summed E-state index contributed by atoms with van der Waals surface area (Å²) in [7, 11) is 7.79. The Bertz CT molecular complexity index is 1150. The lowest BCUT2D eigenvalue weighted by Crippen LogP contribution is -2.32. The lowest BCUT2D eigenvalue weighted by atomic mass is 9.98. The first-order chi connectivity index (χ1) is 15.3. The van der Waals surface area contributed by atoms with E-state index in [-0.39, 0.29) is 17.7 Å². The highest BCUT2D eigenvalue weighted by molar-refractivity contribution is 5.99. The molecule has 1 atom stereocenters. The SMILES string of the molecule is CN(C)Cc1cccc(-c2ccc3cc(C(=O)N(C)CC4CC(=O)N(C)C4)ccc3c2)c1. The van der Waals surface area contributed by atoms with Crippen molar-refractivity contribution in [2.45, 2.75) is 13.0 Å². The lowest BCUT2D eigenvalue weighted by Gasteiger charge is -2.21. The highest BCUT2D eigenvalue weighted by Crippen LogP contribution is 2.27. The van der Waals surface area contributed by atoms with E-state index < -0.39 is 0 Å². The van der Waals surface area contributed by atoms with Crippen LogP contribution < -0.4 is 0 Å². The topological polar surface area (TPSA) is 43.9 Å². The second kappa shape index (κ2) is 9.13. The van der Waals surface area contributed by atoms with Gasteiger partial charge in [0.15, 0.2) is 0 Å². The second-order valence-corrected chi connectivity index (χ2v) is 9.24. The molecule has 3 aromatic rings. The van der Waals surface area contributed by atoms with Gasteiger partial charge in [0.25, 0.3) is 5.91 Å². The van der Waals surface area contributed by atoms with E-state index in [1.807, 2.05) is 32.3 Å². The van der Waals surface area contributed by atoms with E-state index in [0.717, 1.165) is 17.3 Å². The van der Waals surface area contributed by atoms with E-state index in [2.05, 4.69) is 61.5 Å². The number of hydrogen-bond donors (Lipinski definition) is 0. The number of carbonyl (C=O) groups excluding carboxylic acids is 2. The first kappa shape index (κ1) is 22.0. The van der Waals surface area contributed by atoms with Crippen molar-refractivity contribution in [3.8, 4) is 11.1 Å². The Hall–Kier alpha value is -3.18. The zero-order valence-electron chi connectivity index (χ0n) is 19.3. The normalized spacial score (nSPS) is 16.2. The fourth-order valence-electron chi connectivity index (χ4n) is 4.54. The van der Waals surface area contributed by atoms with Gasteiger partial charge in [-0.15, -0.1) is 0 Å². The summed E-state index contributed by atoms with van der Waals surface area (Å²) >= 11 is 0. The van der Waals surface area contributed by atoms with E-state index in [4.69, 9.17) is 0 Å². The first-order valence-electron chi connectivity index (χ1n) is 11.1. The van der Waals surface area contributed by atoms with Gasteiger partial charge in [0, 0.05) is 51.6 Å². The predicted octanol–water partition coefficient (Wildman–Crippen LogP) is 4.12. The molecular formula is C27H31N3O2. The number of hydrogen-bond acceptors (Lipinski definition) is 3. The third-order valence-electron chi connectivity index (χ3n) is 6.15. The molecule has 0 spiro atoms. The van der Waals surface area contributed by atoms with Gasteiger partial charge in [0.05, 0.1) is 0 Å². The quantitative estimate of drug-likeness (QED) is 0.592.